The molecule has 1 rings (SSSR count). The maximum absolute atomic E-state index is 10.6. The minimum absolute atomic E-state index is 0.218. The number of nitrogens with zero attached hydrogens (tertiary/aromatic N) is 1. The molecule has 1 saturated heterocycles. The second kappa shape index (κ2) is 3.05. The Hall–Kier alpha value is -0.510. The number of amides is 1. The number of rotatable bonds is 1. The number of likely N-dealkylation sites (tertiary alicyclic amines) is 1. The summed E-state index contributed by atoms with van der Waals surface area (Å²) in [7, 11) is 0. The van der Waals surface area contributed by atoms with Crippen molar-refractivity contribution in [3.63, 3.8) is 0 Å². The van der Waals surface area contributed by atoms with Crippen molar-refractivity contribution in [2.75, 3.05) is 6.54 Å². The largest absolute Gasteiger partial charge is 0.324 e. The topological polar surface area (TPSA) is 37.4 Å². The SMILES string of the molecule is O=CC1CCCN1C(=O)S. The summed E-state index contributed by atoms with van der Waals surface area (Å²) in [6.45, 7) is 0.672. The van der Waals surface area contributed by atoms with Gasteiger partial charge in [0.05, 0.1) is 6.04 Å². The first kappa shape index (κ1) is 7.60. The zero-order valence-electron chi connectivity index (χ0n) is 5.49. The highest BCUT2D eigenvalue weighted by molar-refractivity contribution is 7.96. The second-order valence-corrected chi connectivity index (χ2v) is 2.70. The molecule has 0 aromatic carbocycles. The summed E-state index contributed by atoms with van der Waals surface area (Å²) in [5.74, 6) is 0. The van der Waals surface area contributed by atoms with Crippen LogP contribution in [0.5, 0.6) is 0 Å². The Kier molecular flexibility index (Phi) is 2.32. The van der Waals surface area contributed by atoms with Crippen LogP contribution in [-0.2, 0) is 4.79 Å². The van der Waals surface area contributed by atoms with Gasteiger partial charge < -0.3 is 9.69 Å². The number of carbonyl (C=O) groups excluding carboxylic acids is 2. The molecular weight excluding hydrogens is 150 g/mol. The van der Waals surface area contributed by atoms with Gasteiger partial charge in [0.15, 0.2) is 0 Å². The molecule has 0 aliphatic carbocycles. The van der Waals surface area contributed by atoms with Gasteiger partial charge in [-0.1, -0.05) is 12.6 Å². The van der Waals surface area contributed by atoms with Gasteiger partial charge in [0.1, 0.15) is 6.29 Å². The predicted octanol–water partition coefficient (Wildman–Crippen LogP) is 0.700. The third-order valence-electron chi connectivity index (χ3n) is 1.70. The van der Waals surface area contributed by atoms with E-state index in [2.05, 4.69) is 12.6 Å². The van der Waals surface area contributed by atoms with E-state index in [0.29, 0.717) is 6.54 Å². The van der Waals surface area contributed by atoms with Gasteiger partial charge in [-0.25, -0.2) is 0 Å². The smallest absolute Gasteiger partial charge is 0.279 e. The van der Waals surface area contributed by atoms with Crippen LogP contribution in [0.15, 0.2) is 0 Å². The molecule has 1 heterocycles. The van der Waals surface area contributed by atoms with Crippen LogP contribution in [0.25, 0.3) is 0 Å². The molecule has 56 valence electrons. The predicted molar refractivity (Wildman–Crippen MR) is 40.2 cm³/mol. The molecular formula is C6H9NO2S. The minimum atomic E-state index is -0.297. The summed E-state index contributed by atoms with van der Waals surface area (Å²) in [5.41, 5.74) is 0. The van der Waals surface area contributed by atoms with Crippen LogP contribution in [-0.4, -0.2) is 29.0 Å². The van der Waals surface area contributed by atoms with E-state index in [1.54, 1.807) is 0 Å². The van der Waals surface area contributed by atoms with Crippen LogP contribution in [0.4, 0.5) is 4.79 Å². The molecule has 0 saturated carbocycles. The highest BCUT2D eigenvalue weighted by Gasteiger charge is 2.25. The number of carbonyl (C=O) groups is 2. The molecule has 0 spiro atoms. The van der Waals surface area contributed by atoms with Crippen LogP contribution in [0.1, 0.15) is 12.8 Å². The Bertz CT molecular complexity index is 160. The molecule has 0 radical (unpaired) electrons. The highest BCUT2D eigenvalue weighted by Crippen LogP contribution is 2.16. The van der Waals surface area contributed by atoms with Crippen molar-refractivity contribution in [1.82, 2.24) is 4.90 Å². The Morgan fingerprint density at radius 3 is 2.80 bits per heavy atom. The Labute approximate surface area is 64.8 Å². The fourth-order valence-corrected chi connectivity index (χ4v) is 1.42. The summed E-state index contributed by atoms with van der Waals surface area (Å²) >= 11 is 3.63. The fourth-order valence-electron chi connectivity index (χ4n) is 1.17. The van der Waals surface area contributed by atoms with Crippen LogP contribution in [0, 0.1) is 0 Å². The first-order valence-corrected chi connectivity index (χ1v) is 3.65. The van der Waals surface area contributed by atoms with E-state index >= 15 is 0 Å². The maximum Gasteiger partial charge on any atom is 0.279 e. The zero-order valence-corrected chi connectivity index (χ0v) is 6.38. The summed E-state index contributed by atoms with van der Waals surface area (Å²) in [6.07, 6.45) is 2.51. The monoisotopic (exact) mass is 159 g/mol. The van der Waals surface area contributed by atoms with Crippen molar-refractivity contribution >= 4 is 24.2 Å². The van der Waals surface area contributed by atoms with Crippen molar-refractivity contribution in [3.05, 3.63) is 0 Å². The highest BCUT2D eigenvalue weighted by atomic mass is 32.1. The molecule has 1 aliphatic rings. The number of thiol groups is 1. The Morgan fingerprint density at radius 2 is 2.40 bits per heavy atom. The summed E-state index contributed by atoms with van der Waals surface area (Å²) in [5, 5.41) is -0.297. The van der Waals surface area contributed by atoms with Gasteiger partial charge in [0.2, 0.25) is 0 Å². The van der Waals surface area contributed by atoms with Crippen LogP contribution in [0.3, 0.4) is 0 Å². The van der Waals surface area contributed by atoms with Gasteiger partial charge in [-0.3, -0.25) is 4.79 Å². The van der Waals surface area contributed by atoms with Gasteiger partial charge in [0.25, 0.3) is 5.24 Å². The van der Waals surface area contributed by atoms with E-state index in [9.17, 15) is 9.59 Å². The fraction of sp³-hybridized carbons (Fsp3) is 0.667. The minimum Gasteiger partial charge on any atom is -0.324 e. The first-order chi connectivity index (χ1) is 4.75. The molecule has 10 heavy (non-hydrogen) atoms. The lowest BCUT2D eigenvalue weighted by atomic mass is 10.2. The number of aldehydes is 1. The molecule has 1 unspecified atom stereocenters. The molecule has 1 atom stereocenters. The molecule has 0 N–H and O–H groups in total. The second-order valence-electron chi connectivity index (χ2n) is 2.32. The number of hydrogen-bond acceptors (Lipinski definition) is 2. The van der Waals surface area contributed by atoms with E-state index < -0.39 is 0 Å². The third kappa shape index (κ3) is 1.31. The van der Waals surface area contributed by atoms with Crippen molar-refractivity contribution in [3.8, 4) is 0 Å². The molecule has 1 aliphatic heterocycles. The average molecular weight is 159 g/mol. The summed E-state index contributed by atoms with van der Waals surface area (Å²) in [6, 6.07) is -0.218. The molecule has 0 bridgehead atoms. The maximum atomic E-state index is 10.6. The zero-order chi connectivity index (χ0) is 7.56. The van der Waals surface area contributed by atoms with E-state index in [1.165, 1.54) is 4.90 Å². The quantitative estimate of drug-likeness (QED) is 0.451. The summed E-state index contributed by atoms with van der Waals surface area (Å²) in [4.78, 5) is 22.4. The molecule has 0 aromatic rings. The molecule has 4 heteroatoms. The van der Waals surface area contributed by atoms with Crippen molar-refractivity contribution in [2.24, 2.45) is 0 Å². The number of hydrogen-bond donors (Lipinski definition) is 1. The van der Waals surface area contributed by atoms with Gasteiger partial charge in [-0.15, -0.1) is 0 Å². The average Bonchev–Trinajstić information content (AvgIpc) is 2.33. The molecule has 0 aromatic heterocycles. The Balaban J connectivity index is 2.58. The Morgan fingerprint density at radius 1 is 1.70 bits per heavy atom. The van der Waals surface area contributed by atoms with Gasteiger partial charge >= 0.3 is 0 Å². The van der Waals surface area contributed by atoms with Crippen molar-refractivity contribution in [2.45, 2.75) is 18.9 Å². The van der Waals surface area contributed by atoms with E-state index in [4.69, 9.17) is 0 Å². The lowest BCUT2D eigenvalue weighted by Crippen LogP contribution is -2.32. The summed E-state index contributed by atoms with van der Waals surface area (Å²) < 4.78 is 0. The van der Waals surface area contributed by atoms with Crippen LogP contribution < -0.4 is 0 Å². The lowest BCUT2D eigenvalue weighted by molar-refractivity contribution is -0.110. The van der Waals surface area contributed by atoms with Crippen molar-refractivity contribution < 1.29 is 9.59 Å². The van der Waals surface area contributed by atoms with Crippen LogP contribution >= 0.6 is 12.6 Å². The molecule has 1 amide bonds. The van der Waals surface area contributed by atoms with Gasteiger partial charge in [-0.05, 0) is 12.8 Å². The van der Waals surface area contributed by atoms with Crippen LogP contribution in [0.2, 0.25) is 0 Å². The van der Waals surface area contributed by atoms with Crippen molar-refractivity contribution in [1.29, 1.82) is 0 Å². The van der Waals surface area contributed by atoms with Gasteiger partial charge in [-0.2, -0.15) is 0 Å². The van der Waals surface area contributed by atoms with E-state index in [1.807, 2.05) is 0 Å². The third-order valence-corrected chi connectivity index (χ3v) is 1.96. The normalized spacial score (nSPS) is 24.9. The van der Waals surface area contributed by atoms with E-state index in [-0.39, 0.29) is 11.3 Å². The van der Waals surface area contributed by atoms with E-state index in [0.717, 1.165) is 19.1 Å². The van der Waals surface area contributed by atoms with Gasteiger partial charge in [0, 0.05) is 6.54 Å². The molecule has 1 fully saturated rings. The lowest BCUT2D eigenvalue weighted by Gasteiger charge is -2.16. The molecule has 3 nitrogen and oxygen atoms in total. The first-order valence-electron chi connectivity index (χ1n) is 3.20. The standard InChI is InChI=1S/C6H9NO2S/c8-4-5-2-1-3-7(5)6(9)10/h4-5H,1-3H2,(H,9,10).